The third-order valence-corrected chi connectivity index (χ3v) is 3.76. The van der Waals surface area contributed by atoms with Gasteiger partial charge in [0.15, 0.2) is 0 Å². The zero-order valence-corrected chi connectivity index (χ0v) is 13.1. The number of hydrogen-bond donors (Lipinski definition) is 0. The fourth-order valence-electron chi connectivity index (χ4n) is 2.73. The van der Waals surface area contributed by atoms with Crippen molar-refractivity contribution in [1.82, 2.24) is 4.57 Å². The Morgan fingerprint density at radius 3 is 2.58 bits per heavy atom. The van der Waals surface area contributed by atoms with Crippen LogP contribution in [0.1, 0.15) is 6.92 Å². The number of rotatable bonds is 5. The summed E-state index contributed by atoms with van der Waals surface area (Å²) in [5.41, 5.74) is 2.53. The summed E-state index contributed by atoms with van der Waals surface area (Å²) in [5.74, 6) is -0.342. The van der Waals surface area contributed by atoms with E-state index in [4.69, 9.17) is 4.74 Å². The molecule has 1 aromatic heterocycles. The zero-order chi connectivity index (χ0) is 17.1. The normalized spacial score (nSPS) is 10.7. The Bertz CT molecular complexity index is 900. The first kappa shape index (κ1) is 15.7. The molecule has 0 aliphatic rings. The van der Waals surface area contributed by atoms with E-state index in [0.717, 1.165) is 16.8 Å². The summed E-state index contributed by atoms with van der Waals surface area (Å²) in [6.07, 6.45) is 0. The number of benzene rings is 2. The Kier molecular flexibility index (Phi) is 4.29. The molecule has 6 heteroatoms. The minimum Gasteiger partial charge on any atom is -0.465 e. The van der Waals surface area contributed by atoms with Crippen molar-refractivity contribution < 1.29 is 14.5 Å². The molecule has 0 spiro atoms. The highest BCUT2D eigenvalue weighted by Gasteiger charge is 2.16. The van der Waals surface area contributed by atoms with Crippen LogP contribution in [0.25, 0.3) is 22.2 Å². The number of hydrogen-bond acceptors (Lipinski definition) is 4. The summed E-state index contributed by atoms with van der Waals surface area (Å²) in [6, 6.07) is 16.1. The number of esters is 1. The van der Waals surface area contributed by atoms with Crippen LogP contribution >= 0.6 is 0 Å². The maximum Gasteiger partial charge on any atom is 0.325 e. The monoisotopic (exact) mass is 324 g/mol. The summed E-state index contributed by atoms with van der Waals surface area (Å²) in [4.78, 5) is 22.5. The zero-order valence-electron chi connectivity index (χ0n) is 13.1. The van der Waals surface area contributed by atoms with Crippen molar-refractivity contribution in [2.75, 3.05) is 6.61 Å². The third-order valence-electron chi connectivity index (χ3n) is 3.76. The Morgan fingerprint density at radius 2 is 1.92 bits per heavy atom. The van der Waals surface area contributed by atoms with Gasteiger partial charge in [0.2, 0.25) is 0 Å². The van der Waals surface area contributed by atoms with Crippen molar-refractivity contribution in [3.05, 3.63) is 64.7 Å². The van der Waals surface area contributed by atoms with Crippen molar-refractivity contribution >= 4 is 22.6 Å². The average Bonchev–Trinajstić information content (AvgIpc) is 2.93. The second-order valence-electron chi connectivity index (χ2n) is 5.29. The lowest BCUT2D eigenvalue weighted by Crippen LogP contribution is -2.14. The van der Waals surface area contributed by atoms with Gasteiger partial charge in [-0.15, -0.1) is 0 Å². The molecule has 0 amide bonds. The summed E-state index contributed by atoms with van der Waals surface area (Å²) in [7, 11) is 0. The Hall–Kier alpha value is -3.15. The van der Waals surface area contributed by atoms with Crippen LogP contribution in [0.3, 0.4) is 0 Å². The molecule has 24 heavy (non-hydrogen) atoms. The molecule has 3 rings (SSSR count). The molecule has 0 saturated carbocycles. The van der Waals surface area contributed by atoms with Crippen LogP contribution in [0.5, 0.6) is 0 Å². The van der Waals surface area contributed by atoms with Crippen LogP contribution in [0.15, 0.2) is 54.6 Å². The molecule has 0 aliphatic heterocycles. The van der Waals surface area contributed by atoms with E-state index in [1.807, 2.05) is 41.0 Å². The second kappa shape index (κ2) is 6.54. The van der Waals surface area contributed by atoms with Crippen LogP contribution in [0.4, 0.5) is 5.69 Å². The van der Waals surface area contributed by atoms with Gasteiger partial charge in [-0.2, -0.15) is 0 Å². The van der Waals surface area contributed by atoms with Gasteiger partial charge in [-0.1, -0.05) is 30.3 Å². The molecule has 6 nitrogen and oxygen atoms in total. The van der Waals surface area contributed by atoms with E-state index in [9.17, 15) is 14.9 Å². The number of nitro groups is 1. The molecular weight excluding hydrogens is 308 g/mol. The number of carbonyl (C=O) groups excluding carboxylic acids is 1. The SMILES string of the molecule is CCOC(=O)Cn1c(-c2ccccc2)cc2cc([N+](=O)[O-])ccc21. The van der Waals surface area contributed by atoms with Crippen LogP contribution in [0, 0.1) is 10.1 Å². The predicted octanol–water partition coefficient (Wildman–Crippen LogP) is 3.78. The topological polar surface area (TPSA) is 74.4 Å². The van der Waals surface area contributed by atoms with Crippen molar-refractivity contribution in [2.45, 2.75) is 13.5 Å². The summed E-state index contributed by atoms with van der Waals surface area (Å²) < 4.78 is 6.87. The number of fused-ring (bicyclic) bond motifs is 1. The minimum atomic E-state index is -0.426. The quantitative estimate of drug-likeness (QED) is 0.407. The van der Waals surface area contributed by atoms with E-state index in [-0.39, 0.29) is 18.2 Å². The Balaban J connectivity index is 2.16. The van der Waals surface area contributed by atoms with E-state index < -0.39 is 4.92 Å². The van der Waals surface area contributed by atoms with Crippen LogP contribution < -0.4 is 0 Å². The Morgan fingerprint density at radius 1 is 1.17 bits per heavy atom. The molecular formula is C18H16N2O4. The van der Waals surface area contributed by atoms with Crippen LogP contribution in [-0.4, -0.2) is 22.1 Å². The molecule has 0 unspecified atom stereocenters. The van der Waals surface area contributed by atoms with Crippen LogP contribution in [-0.2, 0) is 16.1 Å². The van der Waals surface area contributed by atoms with E-state index >= 15 is 0 Å². The molecule has 122 valence electrons. The van der Waals surface area contributed by atoms with E-state index in [2.05, 4.69) is 0 Å². The van der Waals surface area contributed by atoms with Gasteiger partial charge in [-0.25, -0.2) is 0 Å². The van der Waals surface area contributed by atoms with Gasteiger partial charge < -0.3 is 9.30 Å². The highest BCUT2D eigenvalue weighted by atomic mass is 16.6. The number of ether oxygens (including phenoxy) is 1. The molecule has 0 radical (unpaired) electrons. The molecule has 0 aliphatic carbocycles. The lowest BCUT2D eigenvalue weighted by atomic mass is 10.1. The minimum absolute atomic E-state index is 0.0235. The fourth-order valence-corrected chi connectivity index (χ4v) is 2.73. The van der Waals surface area contributed by atoms with Gasteiger partial charge in [-0.05, 0) is 24.6 Å². The predicted molar refractivity (Wildman–Crippen MR) is 90.7 cm³/mol. The number of carbonyl (C=O) groups is 1. The average molecular weight is 324 g/mol. The van der Waals surface area contributed by atoms with E-state index in [1.165, 1.54) is 12.1 Å². The van der Waals surface area contributed by atoms with Gasteiger partial charge in [-0.3, -0.25) is 14.9 Å². The first-order valence-corrected chi connectivity index (χ1v) is 7.59. The smallest absolute Gasteiger partial charge is 0.325 e. The first-order valence-electron chi connectivity index (χ1n) is 7.59. The number of nitro benzene ring substituents is 1. The maximum absolute atomic E-state index is 12.0. The Labute approximate surface area is 138 Å². The summed E-state index contributed by atoms with van der Waals surface area (Å²) in [6.45, 7) is 2.12. The van der Waals surface area contributed by atoms with E-state index in [0.29, 0.717) is 12.0 Å². The fraction of sp³-hybridized carbons (Fsp3) is 0.167. The van der Waals surface area contributed by atoms with Crippen LogP contribution in [0.2, 0.25) is 0 Å². The van der Waals surface area contributed by atoms with Crippen molar-refractivity contribution in [2.24, 2.45) is 0 Å². The number of aromatic nitrogens is 1. The third kappa shape index (κ3) is 2.99. The molecule has 1 heterocycles. The summed E-state index contributed by atoms with van der Waals surface area (Å²) in [5, 5.41) is 11.7. The highest BCUT2D eigenvalue weighted by molar-refractivity contribution is 5.90. The molecule has 0 N–H and O–H groups in total. The number of non-ortho nitro benzene ring substituents is 1. The van der Waals surface area contributed by atoms with Gasteiger partial charge in [0.1, 0.15) is 6.54 Å². The van der Waals surface area contributed by atoms with Gasteiger partial charge in [0.25, 0.3) is 5.69 Å². The largest absolute Gasteiger partial charge is 0.465 e. The standard InChI is InChI=1S/C18H16N2O4/c1-2-24-18(21)12-19-16-9-8-15(20(22)23)10-14(16)11-17(19)13-6-4-3-5-7-13/h3-11H,2,12H2,1H3. The van der Waals surface area contributed by atoms with E-state index in [1.54, 1.807) is 13.0 Å². The number of nitrogens with zero attached hydrogens (tertiary/aromatic N) is 2. The van der Waals surface area contributed by atoms with Crippen molar-refractivity contribution in [3.8, 4) is 11.3 Å². The maximum atomic E-state index is 12.0. The second-order valence-corrected chi connectivity index (χ2v) is 5.29. The van der Waals surface area contributed by atoms with Gasteiger partial charge >= 0.3 is 5.97 Å². The first-order chi connectivity index (χ1) is 11.6. The van der Waals surface area contributed by atoms with Crippen molar-refractivity contribution in [1.29, 1.82) is 0 Å². The molecule has 0 atom stereocenters. The molecule has 2 aromatic carbocycles. The van der Waals surface area contributed by atoms with Crippen molar-refractivity contribution in [3.63, 3.8) is 0 Å². The molecule has 3 aromatic rings. The molecule has 0 saturated heterocycles. The molecule has 0 bridgehead atoms. The lowest BCUT2D eigenvalue weighted by Gasteiger charge is -2.10. The van der Waals surface area contributed by atoms with Gasteiger partial charge in [0, 0.05) is 28.7 Å². The lowest BCUT2D eigenvalue weighted by molar-refractivity contribution is -0.384. The molecule has 0 fully saturated rings. The summed E-state index contributed by atoms with van der Waals surface area (Å²) >= 11 is 0. The highest BCUT2D eigenvalue weighted by Crippen LogP contribution is 2.30. The van der Waals surface area contributed by atoms with Gasteiger partial charge in [0.05, 0.1) is 11.5 Å².